The van der Waals surface area contributed by atoms with Crippen molar-refractivity contribution in [2.24, 2.45) is 0 Å². The van der Waals surface area contributed by atoms with Gasteiger partial charge in [-0.1, -0.05) is 12.1 Å². The molecule has 106 valence electrons. The van der Waals surface area contributed by atoms with Gasteiger partial charge in [0.15, 0.2) is 0 Å². The molecule has 21 heavy (non-hydrogen) atoms. The van der Waals surface area contributed by atoms with Crippen molar-refractivity contribution in [2.45, 2.75) is 0 Å². The molecule has 0 bridgehead atoms. The molecule has 0 aliphatic heterocycles. The van der Waals surface area contributed by atoms with Crippen molar-refractivity contribution in [1.82, 2.24) is 9.88 Å². The number of aromatic nitrogens is 1. The number of rotatable bonds is 3. The van der Waals surface area contributed by atoms with Crippen molar-refractivity contribution < 1.29 is 4.79 Å². The molecule has 2 rings (SSSR count). The Bertz CT molecular complexity index is 686. The summed E-state index contributed by atoms with van der Waals surface area (Å²) in [5.74, 6) is 0.585. The van der Waals surface area contributed by atoms with Gasteiger partial charge in [-0.15, -0.1) is 0 Å². The van der Waals surface area contributed by atoms with E-state index in [1.54, 1.807) is 38.5 Å². The quantitative estimate of drug-likeness (QED) is 0.866. The van der Waals surface area contributed by atoms with Gasteiger partial charge in [-0.25, -0.2) is 4.98 Å². The first kappa shape index (κ1) is 14.5. The van der Waals surface area contributed by atoms with Gasteiger partial charge < -0.3 is 9.80 Å². The van der Waals surface area contributed by atoms with E-state index in [1.165, 1.54) is 4.90 Å². The monoisotopic (exact) mass is 280 g/mol. The van der Waals surface area contributed by atoms with Crippen molar-refractivity contribution in [3.8, 4) is 6.07 Å². The van der Waals surface area contributed by atoms with Crippen LogP contribution in [0.5, 0.6) is 0 Å². The van der Waals surface area contributed by atoms with Crippen LogP contribution in [0.3, 0.4) is 0 Å². The number of nitrogens with zero attached hydrogens (tertiary/aromatic N) is 4. The fraction of sp³-hybridized carbons (Fsp3) is 0.188. The average molecular weight is 280 g/mol. The number of benzene rings is 1. The third-order valence-electron chi connectivity index (χ3n) is 3.13. The van der Waals surface area contributed by atoms with Crippen molar-refractivity contribution in [2.75, 3.05) is 26.0 Å². The van der Waals surface area contributed by atoms with E-state index in [0.29, 0.717) is 16.9 Å². The minimum absolute atomic E-state index is 0.0888. The normalized spacial score (nSPS) is 9.81. The molecule has 0 N–H and O–H groups in total. The number of nitriles is 1. The number of anilines is 2. The van der Waals surface area contributed by atoms with Gasteiger partial charge in [-0.2, -0.15) is 5.26 Å². The summed E-state index contributed by atoms with van der Waals surface area (Å²) in [4.78, 5) is 19.5. The van der Waals surface area contributed by atoms with Gasteiger partial charge in [-0.05, 0) is 24.3 Å². The van der Waals surface area contributed by atoms with Gasteiger partial charge in [0.25, 0.3) is 5.91 Å². The van der Waals surface area contributed by atoms with Crippen LogP contribution in [0.25, 0.3) is 0 Å². The molecule has 1 aromatic carbocycles. The first-order valence-electron chi connectivity index (χ1n) is 6.45. The van der Waals surface area contributed by atoms with Crippen molar-refractivity contribution >= 4 is 17.4 Å². The first-order chi connectivity index (χ1) is 10.0. The lowest BCUT2D eigenvalue weighted by atomic mass is 10.2. The maximum atomic E-state index is 11.8. The van der Waals surface area contributed by atoms with Crippen LogP contribution in [0.15, 0.2) is 42.6 Å². The van der Waals surface area contributed by atoms with E-state index in [9.17, 15) is 4.79 Å². The van der Waals surface area contributed by atoms with Gasteiger partial charge in [-0.3, -0.25) is 4.79 Å². The van der Waals surface area contributed by atoms with Crippen LogP contribution >= 0.6 is 0 Å². The third kappa shape index (κ3) is 3.00. The van der Waals surface area contributed by atoms with Crippen LogP contribution in [0.4, 0.5) is 11.5 Å². The minimum atomic E-state index is -0.0888. The molecule has 2 aromatic rings. The second-order valence-electron chi connectivity index (χ2n) is 4.79. The van der Waals surface area contributed by atoms with Gasteiger partial charge in [0.2, 0.25) is 0 Å². The first-order valence-corrected chi connectivity index (χ1v) is 6.45. The standard InChI is InChI=1S/C16H16N4O/c1-19(2)16(21)13-8-9-15(18-11-13)20(3)14-7-5-4-6-12(14)10-17/h4-9,11H,1-3H3. The summed E-state index contributed by atoms with van der Waals surface area (Å²) in [7, 11) is 5.24. The number of hydrogen-bond donors (Lipinski definition) is 0. The molecule has 0 atom stereocenters. The zero-order valence-corrected chi connectivity index (χ0v) is 12.2. The van der Waals surface area contributed by atoms with Gasteiger partial charge in [0.1, 0.15) is 11.9 Å². The Kier molecular flexibility index (Phi) is 4.19. The molecule has 0 aliphatic rings. The predicted molar refractivity (Wildman–Crippen MR) is 81.5 cm³/mol. The van der Waals surface area contributed by atoms with Gasteiger partial charge in [0.05, 0.1) is 16.8 Å². The predicted octanol–water partition coefficient (Wildman–Crippen LogP) is 2.42. The van der Waals surface area contributed by atoms with Crippen molar-refractivity contribution in [3.63, 3.8) is 0 Å². The summed E-state index contributed by atoms with van der Waals surface area (Å²) < 4.78 is 0. The summed E-state index contributed by atoms with van der Waals surface area (Å²) in [5.41, 5.74) is 1.89. The molecule has 1 aromatic heterocycles. The van der Waals surface area contributed by atoms with Crippen LogP contribution in [0.2, 0.25) is 0 Å². The minimum Gasteiger partial charge on any atom is -0.345 e. The van der Waals surface area contributed by atoms with Crippen LogP contribution in [0.1, 0.15) is 15.9 Å². The Morgan fingerprint density at radius 2 is 1.86 bits per heavy atom. The van der Waals surface area contributed by atoms with E-state index >= 15 is 0 Å². The Morgan fingerprint density at radius 1 is 1.14 bits per heavy atom. The Hall–Kier alpha value is -2.87. The highest BCUT2D eigenvalue weighted by Gasteiger charge is 2.12. The lowest BCUT2D eigenvalue weighted by Gasteiger charge is -2.19. The molecule has 1 heterocycles. The van der Waals surface area contributed by atoms with Crippen molar-refractivity contribution in [3.05, 3.63) is 53.7 Å². The number of hydrogen-bond acceptors (Lipinski definition) is 4. The molecule has 0 saturated carbocycles. The maximum Gasteiger partial charge on any atom is 0.254 e. The highest BCUT2D eigenvalue weighted by atomic mass is 16.2. The van der Waals surface area contributed by atoms with Gasteiger partial charge in [0, 0.05) is 27.3 Å². The summed E-state index contributed by atoms with van der Waals surface area (Å²) in [6, 6.07) is 13.0. The number of carbonyl (C=O) groups excluding carboxylic acids is 1. The molecule has 0 fully saturated rings. The lowest BCUT2D eigenvalue weighted by Crippen LogP contribution is -2.22. The van der Waals surface area contributed by atoms with E-state index in [4.69, 9.17) is 5.26 Å². The molecule has 0 aliphatic carbocycles. The van der Waals surface area contributed by atoms with Crippen molar-refractivity contribution in [1.29, 1.82) is 5.26 Å². The second-order valence-corrected chi connectivity index (χ2v) is 4.79. The highest BCUT2D eigenvalue weighted by Crippen LogP contribution is 2.25. The van der Waals surface area contributed by atoms with E-state index < -0.39 is 0 Å². The molecule has 0 spiro atoms. The third-order valence-corrected chi connectivity index (χ3v) is 3.13. The van der Waals surface area contributed by atoms with E-state index in [-0.39, 0.29) is 5.91 Å². The Balaban J connectivity index is 2.31. The highest BCUT2D eigenvalue weighted by molar-refractivity contribution is 5.93. The summed E-state index contributed by atoms with van der Waals surface area (Å²) in [6.45, 7) is 0. The van der Waals surface area contributed by atoms with E-state index in [2.05, 4.69) is 11.1 Å². The Labute approximate surface area is 124 Å². The van der Waals surface area contributed by atoms with Crippen LogP contribution < -0.4 is 4.90 Å². The summed E-state index contributed by atoms with van der Waals surface area (Å²) in [5, 5.41) is 9.14. The van der Waals surface area contributed by atoms with E-state index in [0.717, 1.165) is 5.69 Å². The maximum absolute atomic E-state index is 11.8. The molecule has 0 unspecified atom stereocenters. The topological polar surface area (TPSA) is 60.2 Å². The SMILES string of the molecule is CN(C)C(=O)c1ccc(N(C)c2ccccc2C#N)nc1. The number of amides is 1. The zero-order chi connectivity index (χ0) is 15.4. The largest absolute Gasteiger partial charge is 0.345 e. The lowest BCUT2D eigenvalue weighted by molar-refractivity contribution is 0.0827. The Morgan fingerprint density at radius 3 is 2.43 bits per heavy atom. The zero-order valence-electron chi connectivity index (χ0n) is 12.2. The molecular formula is C16H16N4O. The second kappa shape index (κ2) is 6.06. The molecule has 5 heteroatoms. The van der Waals surface area contributed by atoms with Crippen LogP contribution in [-0.2, 0) is 0 Å². The molecule has 5 nitrogen and oxygen atoms in total. The molecular weight excluding hydrogens is 264 g/mol. The summed E-state index contributed by atoms with van der Waals surface area (Å²) >= 11 is 0. The molecule has 0 saturated heterocycles. The number of carbonyl (C=O) groups is 1. The van der Waals surface area contributed by atoms with E-state index in [1.807, 2.05) is 30.1 Å². The molecule has 0 radical (unpaired) electrons. The fourth-order valence-corrected chi connectivity index (χ4v) is 1.95. The summed E-state index contributed by atoms with van der Waals surface area (Å²) in [6.07, 6.45) is 1.54. The fourth-order valence-electron chi connectivity index (χ4n) is 1.95. The van der Waals surface area contributed by atoms with Crippen LogP contribution in [0, 0.1) is 11.3 Å². The smallest absolute Gasteiger partial charge is 0.254 e. The average Bonchev–Trinajstić information content (AvgIpc) is 2.53. The number of pyridine rings is 1. The molecule has 1 amide bonds. The van der Waals surface area contributed by atoms with Crippen LogP contribution in [-0.4, -0.2) is 36.9 Å². The van der Waals surface area contributed by atoms with Gasteiger partial charge >= 0.3 is 0 Å². The number of para-hydroxylation sites is 1.